The van der Waals surface area contributed by atoms with Crippen molar-refractivity contribution in [3.63, 3.8) is 0 Å². The number of nitrogens with one attached hydrogen (secondary N) is 3. The molecule has 6 heteroatoms. The molecule has 3 N–H and O–H groups in total. The van der Waals surface area contributed by atoms with Crippen molar-refractivity contribution in [2.24, 2.45) is 0 Å². The lowest BCUT2D eigenvalue weighted by molar-refractivity contribution is -0.129. The van der Waals surface area contributed by atoms with Gasteiger partial charge in [-0.2, -0.15) is 0 Å². The zero-order valence-corrected chi connectivity index (χ0v) is 24.5. The van der Waals surface area contributed by atoms with Gasteiger partial charge in [-0.15, -0.1) is 0 Å². The number of rotatable bonds is 26. The van der Waals surface area contributed by atoms with Gasteiger partial charge in [-0.25, -0.2) is 0 Å². The molecule has 0 aromatic carbocycles. The molecule has 3 amide bonds. The van der Waals surface area contributed by atoms with Crippen LogP contribution in [0.1, 0.15) is 149 Å². The van der Waals surface area contributed by atoms with Crippen molar-refractivity contribution in [2.45, 2.75) is 155 Å². The van der Waals surface area contributed by atoms with E-state index in [1.165, 1.54) is 57.8 Å². The van der Waals surface area contributed by atoms with E-state index in [0.717, 1.165) is 51.4 Å². The highest BCUT2D eigenvalue weighted by atomic mass is 16.2. The number of allylic oxidation sites excluding steroid dienone is 2. The van der Waals surface area contributed by atoms with Gasteiger partial charge >= 0.3 is 0 Å². The lowest BCUT2D eigenvalue weighted by Crippen LogP contribution is -2.47. The van der Waals surface area contributed by atoms with E-state index in [-0.39, 0.29) is 24.1 Å². The van der Waals surface area contributed by atoms with Gasteiger partial charge in [0, 0.05) is 25.9 Å². The first-order chi connectivity index (χ1) is 18.0. The predicted molar refractivity (Wildman–Crippen MR) is 156 cm³/mol. The molecule has 0 unspecified atom stereocenters. The zero-order valence-electron chi connectivity index (χ0n) is 24.5. The second kappa shape index (κ2) is 27.2. The highest BCUT2D eigenvalue weighted by molar-refractivity contribution is 5.88. The fourth-order valence-electron chi connectivity index (χ4n) is 4.17. The summed E-state index contributed by atoms with van der Waals surface area (Å²) in [5.74, 6) is -0.360. The molecule has 0 aliphatic rings. The van der Waals surface area contributed by atoms with Gasteiger partial charge < -0.3 is 16.0 Å². The van der Waals surface area contributed by atoms with Crippen molar-refractivity contribution in [1.82, 2.24) is 16.0 Å². The molecule has 0 aromatic rings. The van der Waals surface area contributed by atoms with Crippen LogP contribution in [0, 0.1) is 0 Å². The largest absolute Gasteiger partial charge is 0.356 e. The molecule has 216 valence electrons. The number of hydrogen-bond donors (Lipinski definition) is 3. The molecule has 0 aliphatic carbocycles. The third kappa shape index (κ3) is 24.3. The minimum absolute atomic E-state index is 0.0653. The lowest BCUT2D eigenvalue weighted by atomic mass is 10.1. The van der Waals surface area contributed by atoms with Crippen molar-refractivity contribution in [3.05, 3.63) is 12.2 Å². The van der Waals surface area contributed by atoms with Crippen molar-refractivity contribution in [2.75, 3.05) is 13.1 Å². The summed E-state index contributed by atoms with van der Waals surface area (Å²) in [5, 5.41) is 8.64. The van der Waals surface area contributed by atoms with Crippen LogP contribution in [0.5, 0.6) is 0 Å². The SMILES string of the molecule is CCCCCCCCCC/C=C/CCCCCC(=O)N[C@@H](CCC(=O)NCCCC)C(=O)NCCCC. The summed E-state index contributed by atoms with van der Waals surface area (Å²) >= 11 is 0. The molecule has 0 aliphatic heterocycles. The Morgan fingerprint density at radius 2 is 1.08 bits per heavy atom. The van der Waals surface area contributed by atoms with Crippen LogP contribution < -0.4 is 16.0 Å². The average Bonchev–Trinajstić information content (AvgIpc) is 2.89. The summed E-state index contributed by atoms with van der Waals surface area (Å²) in [6.07, 6.45) is 25.4. The Labute approximate surface area is 228 Å². The van der Waals surface area contributed by atoms with Gasteiger partial charge in [-0.05, 0) is 51.4 Å². The number of amides is 3. The maximum Gasteiger partial charge on any atom is 0.242 e. The second-order valence-electron chi connectivity index (χ2n) is 10.3. The van der Waals surface area contributed by atoms with Crippen molar-refractivity contribution < 1.29 is 14.4 Å². The first-order valence-corrected chi connectivity index (χ1v) is 15.5. The summed E-state index contributed by atoms with van der Waals surface area (Å²) in [4.78, 5) is 37.1. The van der Waals surface area contributed by atoms with E-state index in [2.05, 4.69) is 48.9 Å². The number of carbonyl (C=O) groups is 3. The number of hydrogen-bond acceptors (Lipinski definition) is 3. The molecule has 0 saturated heterocycles. The van der Waals surface area contributed by atoms with Gasteiger partial charge in [0.2, 0.25) is 17.7 Å². The maximum absolute atomic E-state index is 12.6. The van der Waals surface area contributed by atoms with E-state index in [9.17, 15) is 14.4 Å². The van der Waals surface area contributed by atoms with Crippen molar-refractivity contribution >= 4 is 17.7 Å². The van der Waals surface area contributed by atoms with Crippen LogP contribution in [0.4, 0.5) is 0 Å². The summed E-state index contributed by atoms with van der Waals surface area (Å²) in [6.45, 7) is 7.66. The molecule has 0 aromatic heterocycles. The van der Waals surface area contributed by atoms with Crippen LogP contribution >= 0.6 is 0 Å². The van der Waals surface area contributed by atoms with Gasteiger partial charge in [-0.1, -0.05) is 97.1 Å². The first kappa shape index (κ1) is 35.2. The van der Waals surface area contributed by atoms with Gasteiger partial charge in [0.15, 0.2) is 0 Å². The Morgan fingerprint density at radius 1 is 0.568 bits per heavy atom. The molecule has 0 spiro atoms. The van der Waals surface area contributed by atoms with Crippen LogP contribution in [0.15, 0.2) is 12.2 Å². The molecule has 6 nitrogen and oxygen atoms in total. The molecular weight excluding hydrogens is 462 g/mol. The predicted octanol–water partition coefficient (Wildman–Crippen LogP) is 7.12. The summed E-state index contributed by atoms with van der Waals surface area (Å²) in [7, 11) is 0. The topological polar surface area (TPSA) is 87.3 Å². The summed E-state index contributed by atoms with van der Waals surface area (Å²) in [5.41, 5.74) is 0. The van der Waals surface area contributed by atoms with Crippen molar-refractivity contribution in [1.29, 1.82) is 0 Å². The molecule has 1 atom stereocenters. The average molecular weight is 522 g/mol. The van der Waals surface area contributed by atoms with Crippen LogP contribution in [0.25, 0.3) is 0 Å². The van der Waals surface area contributed by atoms with E-state index in [0.29, 0.717) is 25.9 Å². The zero-order chi connectivity index (χ0) is 27.4. The van der Waals surface area contributed by atoms with E-state index < -0.39 is 6.04 Å². The first-order valence-electron chi connectivity index (χ1n) is 15.5. The summed E-state index contributed by atoms with van der Waals surface area (Å²) in [6, 6.07) is -0.652. The summed E-state index contributed by atoms with van der Waals surface area (Å²) < 4.78 is 0. The molecule has 37 heavy (non-hydrogen) atoms. The molecule has 0 saturated carbocycles. The fourth-order valence-corrected chi connectivity index (χ4v) is 4.17. The smallest absolute Gasteiger partial charge is 0.242 e. The molecular formula is C31H59N3O3. The number of unbranched alkanes of at least 4 members (excludes halogenated alkanes) is 13. The van der Waals surface area contributed by atoms with Gasteiger partial charge in [-0.3, -0.25) is 14.4 Å². The lowest BCUT2D eigenvalue weighted by Gasteiger charge is -2.18. The molecule has 0 heterocycles. The van der Waals surface area contributed by atoms with E-state index >= 15 is 0 Å². The van der Waals surface area contributed by atoms with Gasteiger partial charge in [0.05, 0.1) is 0 Å². The Morgan fingerprint density at radius 3 is 1.68 bits per heavy atom. The molecule has 0 radical (unpaired) electrons. The van der Waals surface area contributed by atoms with E-state index in [4.69, 9.17) is 0 Å². The van der Waals surface area contributed by atoms with E-state index in [1.807, 2.05) is 0 Å². The minimum Gasteiger partial charge on any atom is -0.356 e. The Kier molecular flexibility index (Phi) is 25.8. The fraction of sp³-hybridized carbons (Fsp3) is 0.839. The van der Waals surface area contributed by atoms with Crippen molar-refractivity contribution in [3.8, 4) is 0 Å². The quantitative estimate of drug-likeness (QED) is 0.0836. The Bertz CT molecular complexity index is 592. The Hall–Kier alpha value is -1.85. The monoisotopic (exact) mass is 521 g/mol. The highest BCUT2D eigenvalue weighted by Crippen LogP contribution is 2.10. The van der Waals surface area contributed by atoms with Gasteiger partial charge in [0.1, 0.15) is 6.04 Å². The molecule has 0 fully saturated rings. The van der Waals surface area contributed by atoms with Crippen LogP contribution in [0.2, 0.25) is 0 Å². The minimum atomic E-state index is -0.652. The maximum atomic E-state index is 12.6. The highest BCUT2D eigenvalue weighted by Gasteiger charge is 2.21. The standard InChI is InChI=1S/C31H59N3O3/c1-4-7-10-11-12-13-14-15-16-17-18-19-20-21-22-23-30(36)34-28(31(37)33-27-9-6-3)24-25-29(35)32-26-8-5-2/h17-18,28H,4-16,19-27H2,1-3H3,(H,32,35)(H,33,37)(H,34,36)/b18-17+/t28-/m0/s1. The third-order valence-corrected chi connectivity index (χ3v) is 6.66. The van der Waals surface area contributed by atoms with Gasteiger partial charge in [0.25, 0.3) is 0 Å². The van der Waals surface area contributed by atoms with Crippen LogP contribution in [0.3, 0.4) is 0 Å². The molecule has 0 rings (SSSR count). The second-order valence-corrected chi connectivity index (χ2v) is 10.3. The Balaban J connectivity index is 4.05. The van der Waals surface area contributed by atoms with Crippen LogP contribution in [-0.2, 0) is 14.4 Å². The number of carbonyl (C=O) groups excluding carboxylic acids is 3. The van der Waals surface area contributed by atoms with Crippen LogP contribution in [-0.4, -0.2) is 36.9 Å². The molecule has 0 bridgehead atoms. The third-order valence-electron chi connectivity index (χ3n) is 6.66. The van der Waals surface area contributed by atoms with E-state index in [1.54, 1.807) is 0 Å². The normalized spacial score (nSPS) is 12.0.